The third kappa shape index (κ3) is 4.99. The highest BCUT2D eigenvalue weighted by molar-refractivity contribution is 7.90. The van der Waals surface area contributed by atoms with Crippen LogP contribution in [0.1, 0.15) is 10.4 Å². The maximum absolute atomic E-state index is 12.8. The molecule has 0 fully saturated rings. The molecule has 26 heavy (non-hydrogen) atoms. The monoisotopic (exact) mass is 381 g/mol. The number of carbonyl (C=O) groups excluding carboxylic acids is 1. The second-order valence-electron chi connectivity index (χ2n) is 5.40. The minimum absolute atomic E-state index is 0.210. The molecule has 0 bridgehead atoms. The smallest absolute Gasteiger partial charge is 0.288 e. The van der Waals surface area contributed by atoms with Gasteiger partial charge in [-0.05, 0) is 36.4 Å². The molecular weight excluding hydrogens is 365 g/mol. The van der Waals surface area contributed by atoms with Gasteiger partial charge in [0, 0.05) is 36.7 Å². The van der Waals surface area contributed by atoms with Gasteiger partial charge in [-0.2, -0.15) is 0 Å². The van der Waals surface area contributed by atoms with Gasteiger partial charge in [0.15, 0.2) is 9.84 Å². The van der Waals surface area contributed by atoms with Crippen molar-refractivity contribution in [2.75, 3.05) is 24.7 Å². The topological polar surface area (TPSA) is 118 Å². The summed E-state index contributed by atoms with van der Waals surface area (Å²) in [6, 6.07) is 8.73. The summed E-state index contributed by atoms with van der Waals surface area (Å²) in [7, 11) is -3.77. The molecule has 0 aliphatic heterocycles. The Morgan fingerprint density at radius 1 is 1.15 bits per heavy atom. The fourth-order valence-corrected chi connectivity index (χ4v) is 3.02. The summed E-state index contributed by atoms with van der Waals surface area (Å²) >= 11 is 0. The van der Waals surface area contributed by atoms with Gasteiger partial charge >= 0.3 is 0 Å². The first-order valence-corrected chi connectivity index (χ1v) is 9.34. The van der Waals surface area contributed by atoms with E-state index >= 15 is 0 Å². The Morgan fingerprint density at radius 2 is 1.81 bits per heavy atom. The van der Waals surface area contributed by atoms with E-state index in [0.29, 0.717) is 11.3 Å². The molecule has 0 saturated heterocycles. The minimum atomic E-state index is -3.77. The van der Waals surface area contributed by atoms with Crippen LogP contribution in [0.4, 0.5) is 15.8 Å². The van der Waals surface area contributed by atoms with Crippen LogP contribution in [-0.4, -0.2) is 38.6 Å². The van der Waals surface area contributed by atoms with Crippen LogP contribution in [0.2, 0.25) is 0 Å². The molecule has 2 aromatic rings. The molecule has 0 aromatic heterocycles. The van der Waals surface area contributed by atoms with Gasteiger partial charge in [0.2, 0.25) is 0 Å². The number of hydrogen-bond acceptors (Lipinski definition) is 6. The lowest BCUT2D eigenvalue weighted by Gasteiger charge is -2.09. The van der Waals surface area contributed by atoms with Gasteiger partial charge in [0.05, 0.1) is 4.92 Å². The van der Waals surface area contributed by atoms with Crippen LogP contribution >= 0.6 is 0 Å². The lowest BCUT2D eigenvalue weighted by atomic mass is 10.2. The maximum Gasteiger partial charge on any atom is 0.288 e. The van der Waals surface area contributed by atoms with Crippen LogP contribution in [0.15, 0.2) is 47.4 Å². The quantitative estimate of drug-likeness (QED) is 0.430. The van der Waals surface area contributed by atoms with E-state index in [1.54, 1.807) is 0 Å². The number of anilines is 1. The fraction of sp³-hybridized carbons (Fsp3) is 0.188. The van der Waals surface area contributed by atoms with E-state index in [1.807, 2.05) is 0 Å². The molecule has 0 radical (unpaired) electrons. The first-order chi connectivity index (χ1) is 12.2. The summed E-state index contributed by atoms with van der Waals surface area (Å²) in [6.45, 7) is 0.468. The van der Waals surface area contributed by atoms with Crippen molar-refractivity contribution in [3.63, 3.8) is 0 Å². The molecule has 0 unspecified atom stereocenters. The third-order valence-electron chi connectivity index (χ3n) is 3.40. The first-order valence-electron chi connectivity index (χ1n) is 7.44. The summed E-state index contributed by atoms with van der Waals surface area (Å²) in [6.07, 6.45) is 0.891. The Balaban J connectivity index is 1.96. The van der Waals surface area contributed by atoms with Gasteiger partial charge < -0.3 is 10.6 Å². The van der Waals surface area contributed by atoms with Gasteiger partial charge in [-0.25, -0.2) is 12.8 Å². The molecule has 2 rings (SSSR count). The number of nitro benzene ring substituents is 1. The third-order valence-corrected chi connectivity index (χ3v) is 4.53. The predicted octanol–water partition coefficient (Wildman–Crippen LogP) is 1.98. The van der Waals surface area contributed by atoms with Crippen molar-refractivity contribution >= 4 is 27.1 Å². The van der Waals surface area contributed by atoms with Crippen LogP contribution in [0.5, 0.6) is 0 Å². The molecule has 0 heterocycles. The first kappa shape index (κ1) is 19.3. The molecule has 1 amide bonds. The molecular formula is C16H16FN3O5S. The van der Waals surface area contributed by atoms with Crippen LogP contribution < -0.4 is 10.6 Å². The molecule has 0 saturated carbocycles. The van der Waals surface area contributed by atoms with Crippen molar-refractivity contribution in [3.05, 3.63) is 64.0 Å². The number of nitrogens with zero attached hydrogens (tertiary/aromatic N) is 1. The SMILES string of the molecule is CS(=O)(=O)c1cc(NCCNC(=O)c2ccc(F)cc2)ccc1[N+](=O)[O-]. The van der Waals surface area contributed by atoms with Crippen molar-refractivity contribution in [2.24, 2.45) is 0 Å². The number of halogens is 1. The standard InChI is InChI=1S/C16H16FN3O5S/c1-26(24,25)15-10-13(6-7-14(15)20(22)23)18-8-9-19-16(21)11-2-4-12(17)5-3-11/h2-7,10,18H,8-9H2,1H3,(H,19,21). The summed E-state index contributed by atoms with van der Waals surface area (Å²) in [5.74, 6) is -0.824. The summed E-state index contributed by atoms with van der Waals surface area (Å²) < 4.78 is 36.2. The average molecular weight is 381 g/mol. The van der Waals surface area contributed by atoms with Crippen molar-refractivity contribution in [2.45, 2.75) is 4.90 Å². The van der Waals surface area contributed by atoms with Crippen LogP contribution in [0, 0.1) is 15.9 Å². The summed E-state index contributed by atoms with van der Waals surface area (Å²) in [4.78, 5) is 21.6. The molecule has 2 N–H and O–H groups in total. The van der Waals surface area contributed by atoms with E-state index in [2.05, 4.69) is 10.6 Å². The molecule has 138 valence electrons. The Labute approximate surface area is 149 Å². The van der Waals surface area contributed by atoms with Gasteiger partial charge in [0.25, 0.3) is 11.6 Å². The fourth-order valence-electron chi connectivity index (χ4n) is 2.16. The van der Waals surface area contributed by atoms with E-state index in [0.717, 1.165) is 12.3 Å². The molecule has 8 nitrogen and oxygen atoms in total. The number of amides is 1. The molecule has 2 aromatic carbocycles. The second-order valence-corrected chi connectivity index (χ2v) is 7.39. The number of sulfone groups is 1. The van der Waals surface area contributed by atoms with Gasteiger partial charge in [-0.15, -0.1) is 0 Å². The number of hydrogen-bond donors (Lipinski definition) is 2. The van der Waals surface area contributed by atoms with E-state index in [9.17, 15) is 27.7 Å². The molecule has 0 aliphatic carbocycles. The van der Waals surface area contributed by atoms with E-state index < -0.39 is 26.3 Å². The van der Waals surface area contributed by atoms with Crippen molar-refractivity contribution in [1.82, 2.24) is 5.32 Å². The normalized spacial score (nSPS) is 11.0. The van der Waals surface area contributed by atoms with Crippen LogP contribution in [0.3, 0.4) is 0 Å². The zero-order valence-corrected chi connectivity index (χ0v) is 14.5. The lowest BCUT2D eigenvalue weighted by Crippen LogP contribution is -2.28. The number of carbonyl (C=O) groups is 1. The number of benzene rings is 2. The van der Waals surface area contributed by atoms with Crippen molar-refractivity contribution in [1.29, 1.82) is 0 Å². The van der Waals surface area contributed by atoms with Gasteiger partial charge in [-0.3, -0.25) is 14.9 Å². The number of rotatable bonds is 7. The summed E-state index contributed by atoms with van der Waals surface area (Å²) in [5.41, 5.74) is 0.177. The number of nitrogens with one attached hydrogen (secondary N) is 2. The number of nitro groups is 1. The Bertz CT molecular complexity index is 929. The largest absolute Gasteiger partial charge is 0.383 e. The molecule has 10 heteroatoms. The second kappa shape index (κ2) is 7.91. The average Bonchev–Trinajstić information content (AvgIpc) is 2.58. The summed E-state index contributed by atoms with van der Waals surface area (Å²) in [5, 5.41) is 16.4. The van der Waals surface area contributed by atoms with Crippen molar-refractivity contribution in [3.8, 4) is 0 Å². The Kier molecular flexibility index (Phi) is 5.88. The highest BCUT2D eigenvalue weighted by Gasteiger charge is 2.22. The zero-order chi connectivity index (χ0) is 19.3. The van der Waals surface area contributed by atoms with Crippen LogP contribution in [-0.2, 0) is 9.84 Å². The van der Waals surface area contributed by atoms with E-state index in [-0.39, 0.29) is 23.9 Å². The predicted molar refractivity (Wildman–Crippen MR) is 93.4 cm³/mol. The Morgan fingerprint density at radius 3 is 2.38 bits per heavy atom. The minimum Gasteiger partial charge on any atom is -0.383 e. The van der Waals surface area contributed by atoms with Gasteiger partial charge in [-0.1, -0.05) is 0 Å². The molecule has 0 spiro atoms. The maximum atomic E-state index is 12.8. The van der Waals surface area contributed by atoms with Crippen molar-refractivity contribution < 1.29 is 22.5 Å². The molecule has 0 aliphatic rings. The van der Waals surface area contributed by atoms with E-state index in [4.69, 9.17) is 0 Å². The lowest BCUT2D eigenvalue weighted by molar-refractivity contribution is -0.387. The molecule has 0 atom stereocenters. The Hall–Kier alpha value is -3.01. The van der Waals surface area contributed by atoms with E-state index in [1.165, 1.54) is 36.4 Å². The highest BCUT2D eigenvalue weighted by atomic mass is 32.2. The zero-order valence-electron chi connectivity index (χ0n) is 13.7. The van der Waals surface area contributed by atoms with Crippen LogP contribution in [0.25, 0.3) is 0 Å². The van der Waals surface area contributed by atoms with Gasteiger partial charge in [0.1, 0.15) is 10.7 Å². The highest BCUT2D eigenvalue weighted by Crippen LogP contribution is 2.26.